The summed E-state index contributed by atoms with van der Waals surface area (Å²) in [6.07, 6.45) is 8.92. The molecule has 2 aliphatic carbocycles. The van der Waals surface area contributed by atoms with E-state index in [-0.39, 0.29) is 10.8 Å². The first kappa shape index (κ1) is 20.6. The second kappa shape index (κ2) is 7.39. The van der Waals surface area contributed by atoms with Crippen molar-refractivity contribution < 1.29 is 0 Å². The summed E-state index contributed by atoms with van der Waals surface area (Å²) in [7, 11) is 0. The lowest BCUT2D eigenvalue weighted by Gasteiger charge is -2.26. The van der Waals surface area contributed by atoms with Crippen LogP contribution < -0.4 is 0 Å². The summed E-state index contributed by atoms with van der Waals surface area (Å²) in [5.74, 6) is 0. The molecule has 2 aromatic rings. The minimum Gasteiger partial charge on any atom is -0.0801 e. The second-order valence-corrected chi connectivity index (χ2v) is 9.89. The highest BCUT2D eigenvalue weighted by Crippen LogP contribution is 2.46. The summed E-state index contributed by atoms with van der Waals surface area (Å²) in [5, 5.41) is 0. The van der Waals surface area contributed by atoms with Gasteiger partial charge in [0.2, 0.25) is 0 Å². The first-order valence-corrected chi connectivity index (χ1v) is 10.8. The van der Waals surface area contributed by atoms with Crippen molar-refractivity contribution >= 4 is 5.57 Å². The van der Waals surface area contributed by atoms with Crippen molar-refractivity contribution in [2.45, 2.75) is 79.1 Å². The Hall–Kier alpha value is -2.08. The Labute approximate surface area is 172 Å². The van der Waals surface area contributed by atoms with E-state index in [1.807, 2.05) is 13.8 Å². The van der Waals surface area contributed by atoms with E-state index in [2.05, 4.69) is 90.1 Å². The molecule has 0 saturated heterocycles. The van der Waals surface area contributed by atoms with Crippen molar-refractivity contribution in [3.8, 4) is 11.1 Å². The summed E-state index contributed by atoms with van der Waals surface area (Å²) < 4.78 is 0. The summed E-state index contributed by atoms with van der Waals surface area (Å²) in [6, 6.07) is 11.9. The zero-order valence-electron chi connectivity index (χ0n) is 19.0. The van der Waals surface area contributed by atoms with Gasteiger partial charge in [0.25, 0.3) is 0 Å². The Kier molecular flexibility index (Phi) is 5.45. The molecule has 0 aromatic heterocycles. The molecular weight excluding hydrogens is 336 g/mol. The number of hydrogen-bond donors (Lipinski definition) is 0. The fraction of sp³-hybridized carbons (Fsp3) is 0.429. The summed E-state index contributed by atoms with van der Waals surface area (Å²) in [4.78, 5) is 0. The fourth-order valence-electron chi connectivity index (χ4n) is 4.37. The van der Waals surface area contributed by atoms with Gasteiger partial charge in [0, 0.05) is 0 Å². The Morgan fingerprint density at radius 2 is 1.46 bits per heavy atom. The van der Waals surface area contributed by atoms with Gasteiger partial charge >= 0.3 is 0 Å². The summed E-state index contributed by atoms with van der Waals surface area (Å²) >= 11 is 0. The lowest BCUT2D eigenvalue weighted by molar-refractivity contribution is 0.587. The lowest BCUT2D eigenvalue weighted by atomic mass is 9.78. The first-order valence-electron chi connectivity index (χ1n) is 10.8. The molecule has 0 heteroatoms. The van der Waals surface area contributed by atoms with Gasteiger partial charge in [-0.2, -0.15) is 0 Å². The molecule has 0 atom stereocenters. The maximum atomic E-state index is 2.44. The molecule has 0 saturated carbocycles. The number of allylic oxidation sites excluding steroid dienone is 4. The monoisotopic (exact) mass is 372 g/mol. The molecule has 0 nitrogen and oxygen atoms in total. The quantitative estimate of drug-likeness (QED) is 0.403. The standard InChI is InChI=1S/C26H30.C2H6/c1-25(2,3)19-11-12-20-18(15-19)16-22-21(20)13-14-23(26(4,5)6)24(22)17-9-7-8-10-17;1-2/h7-9,11-15H,10,16H2,1-6H3;1-2H3. The van der Waals surface area contributed by atoms with Crippen LogP contribution in [0.2, 0.25) is 0 Å². The molecule has 148 valence electrons. The third-order valence-electron chi connectivity index (χ3n) is 5.84. The van der Waals surface area contributed by atoms with Crippen molar-refractivity contribution in [2.24, 2.45) is 0 Å². The molecule has 0 aliphatic heterocycles. The van der Waals surface area contributed by atoms with Gasteiger partial charge in [-0.15, -0.1) is 0 Å². The third-order valence-corrected chi connectivity index (χ3v) is 5.84. The van der Waals surface area contributed by atoms with Crippen LogP contribution in [0.5, 0.6) is 0 Å². The van der Waals surface area contributed by atoms with Crippen LogP contribution in [0.15, 0.2) is 48.6 Å². The van der Waals surface area contributed by atoms with Crippen LogP contribution in [0.4, 0.5) is 0 Å². The summed E-state index contributed by atoms with van der Waals surface area (Å²) in [5.41, 5.74) is 12.2. The number of fused-ring (bicyclic) bond motifs is 3. The minimum atomic E-state index is 0.152. The van der Waals surface area contributed by atoms with E-state index in [9.17, 15) is 0 Å². The van der Waals surface area contributed by atoms with Crippen molar-refractivity contribution in [3.63, 3.8) is 0 Å². The molecule has 2 aliphatic rings. The van der Waals surface area contributed by atoms with Crippen LogP contribution >= 0.6 is 0 Å². The molecule has 0 unspecified atom stereocenters. The molecule has 0 bridgehead atoms. The van der Waals surface area contributed by atoms with Gasteiger partial charge in [-0.1, -0.05) is 104 Å². The van der Waals surface area contributed by atoms with Gasteiger partial charge < -0.3 is 0 Å². The zero-order valence-corrected chi connectivity index (χ0v) is 19.0. The SMILES string of the molecule is CC.CC(C)(C)c1ccc2c(c1)Cc1c-2ccc(C(C)(C)C)c1C1=CC=CC1. The smallest absolute Gasteiger partial charge is 0.000719 e. The van der Waals surface area contributed by atoms with E-state index in [4.69, 9.17) is 0 Å². The van der Waals surface area contributed by atoms with Gasteiger partial charge in [0.1, 0.15) is 0 Å². The van der Waals surface area contributed by atoms with Crippen molar-refractivity contribution in [1.29, 1.82) is 0 Å². The number of rotatable bonds is 1. The maximum absolute atomic E-state index is 2.44. The van der Waals surface area contributed by atoms with E-state index < -0.39 is 0 Å². The lowest BCUT2D eigenvalue weighted by Crippen LogP contribution is -2.15. The molecule has 0 amide bonds. The normalized spacial score (nSPS) is 14.9. The predicted molar refractivity (Wildman–Crippen MR) is 125 cm³/mol. The van der Waals surface area contributed by atoms with Gasteiger partial charge in [0.05, 0.1) is 0 Å². The molecule has 4 rings (SSSR count). The van der Waals surface area contributed by atoms with Crippen LogP contribution in [0.25, 0.3) is 16.7 Å². The van der Waals surface area contributed by atoms with Gasteiger partial charge in [-0.05, 0) is 68.2 Å². The first-order chi connectivity index (χ1) is 13.2. The Balaban J connectivity index is 0.00000109. The van der Waals surface area contributed by atoms with Crippen LogP contribution in [-0.2, 0) is 17.3 Å². The van der Waals surface area contributed by atoms with Crippen molar-refractivity contribution in [1.82, 2.24) is 0 Å². The van der Waals surface area contributed by atoms with E-state index in [1.54, 1.807) is 0 Å². The third kappa shape index (κ3) is 3.62. The Morgan fingerprint density at radius 3 is 2.04 bits per heavy atom. The molecule has 0 fully saturated rings. The highest BCUT2D eigenvalue weighted by Gasteiger charge is 2.29. The average molecular weight is 373 g/mol. The Morgan fingerprint density at radius 1 is 0.786 bits per heavy atom. The molecule has 28 heavy (non-hydrogen) atoms. The Bertz CT molecular complexity index is 937. The van der Waals surface area contributed by atoms with Crippen LogP contribution in [0.3, 0.4) is 0 Å². The molecule has 0 heterocycles. The molecule has 0 radical (unpaired) electrons. The summed E-state index contributed by atoms with van der Waals surface area (Å²) in [6.45, 7) is 17.9. The highest BCUT2D eigenvalue weighted by atomic mass is 14.3. The molecule has 0 spiro atoms. The van der Waals surface area contributed by atoms with Crippen LogP contribution in [-0.4, -0.2) is 0 Å². The van der Waals surface area contributed by atoms with E-state index in [0.717, 1.165) is 12.8 Å². The number of benzene rings is 2. The van der Waals surface area contributed by atoms with Crippen molar-refractivity contribution in [2.75, 3.05) is 0 Å². The topological polar surface area (TPSA) is 0 Å². The highest BCUT2D eigenvalue weighted by molar-refractivity contribution is 5.86. The maximum Gasteiger partial charge on any atom is -0.000719 e. The predicted octanol–water partition coefficient (Wildman–Crippen LogP) is 8.22. The second-order valence-electron chi connectivity index (χ2n) is 9.89. The largest absolute Gasteiger partial charge is 0.0801 e. The van der Waals surface area contributed by atoms with Gasteiger partial charge in [-0.25, -0.2) is 0 Å². The fourth-order valence-corrected chi connectivity index (χ4v) is 4.37. The van der Waals surface area contributed by atoms with Crippen LogP contribution in [0, 0.1) is 0 Å². The van der Waals surface area contributed by atoms with E-state index in [0.29, 0.717) is 0 Å². The van der Waals surface area contributed by atoms with E-state index >= 15 is 0 Å². The van der Waals surface area contributed by atoms with Gasteiger partial charge in [-0.3, -0.25) is 0 Å². The van der Waals surface area contributed by atoms with E-state index in [1.165, 1.54) is 44.5 Å². The van der Waals surface area contributed by atoms with Crippen molar-refractivity contribution in [3.05, 3.63) is 76.4 Å². The van der Waals surface area contributed by atoms with Crippen LogP contribution in [0.1, 0.15) is 89.6 Å². The molecule has 0 N–H and O–H groups in total. The molecule has 2 aromatic carbocycles. The number of hydrogen-bond acceptors (Lipinski definition) is 0. The zero-order chi connectivity index (χ0) is 20.7. The minimum absolute atomic E-state index is 0.152. The average Bonchev–Trinajstić information content (AvgIpc) is 3.28. The van der Waals surface area contributed by atoms with Gasteiger partial charge in [0.15, 0.2) is 0 Å². The molecular formula is C28H36.